The van der Waals surface area contributed by atoms with Crippen LogP contribution in [0.5, 0.6) is 0 Å². The summed E-state index contributed by atoms with van der Waals surface area (Å²) in [7, 11) is 0. The van der Waals surface area contributed by atoms with Gasteiger partial charge in [-0.25, -0.2) is 9.59 Å². The van der Waals surface area contributed by atoms with Crippen LogP contribution in [0.15, 0.2) is 48.5 Å². The van der Waals surface area contributed by atoms with Gasteiger partial charge in [0.1, 0.15) is 12.1 Å². The minimum atomic E-state index is -1.26. The lowest BCUT2D eigenvalue weighted by Gasteiger charge is -2.34. The fourth-order valence-corrected chi connectivity index (χ4v) is 4.83. The summed E-state index contributed by atoms with van der Waals surface area (Å²) in [6.45, 7) is 5.70. The third kappa shape index (κ3) is 5.50. The number of ether oxygens (including phenoxy) is 1. The monoisotopic (exact) mass is 470 g/mol. The molecule has 0 fully saturated rings. The van der Waals surface area contributed by atoms with Crippen molar-refractivity contribution in [2.45, 2.75) is 32.2 Å². The number of fused-ring (bicyclic) bond motifs is 3. The van der Waals surface area contributed by atoms with E-state index in [0.717, 1.165) is 11.1 Å². The van der Waals surface area contributed by atoms with Crippen LogP contribution in [0.2, 0.25) is 0 Å². The molecule has 176 valence electrons. The molecule has 0 saturated carbocycles. The Hall–Kier alpha value is -3.00. The molecule has 0 radical (unpaired) electrons. The van der Waals surface area contributed by atoms with Crippen molar-refractivity contribution >= 4 is 29.7 Å². The SMILES string of the molecule is CCN(C(=O)CSCCNC(=O)OCC1c2ccccc2-c2ccccc21)C(C)(C)C(=O)O. The topological polar surface area (TPSA) is 95.9 Å². The highest BCUT2D eigenvalue weighted by molar-refractivity contribution is 7.99. The van der Waals surface area contributed by atoms with E-state index in [9.17, 15) is 19.5 Å². The molecule has 3 rings (SSSR count). The molecule has 2 N–H and O–H groups in total. The van der Waals surface area contributed by atoms with Crippen molar-refractivity contribution in [1.82, 2.24) is 10.2 Å². The largest absolute Gasteiger partial charge is 0.480 e. The molecule has 0 bridgehead atoms. The Balaban J connectivity index is 1.42. The van der Waals surface area contributed by atoms with E-state index in [2.05, 4.69) is 29.6 Å². The number of carboxylic acids is 1. The highest BCUT2D eigenvalue weighted by Gasteiger charge is 2.36. The molecule has 1 aliphatic rings. The number of amides is 2. The van der Waals surface area contributed by atoms with Crippen molar-refractivity contribution in [2.75, 3.05) is 31.2 Å². The molecular weight excluding hydrogens is 440 g/mol. The van der Waals surface area contributed by atoms with Gasteiger partial charge in [-0.05, 0) is 43.0 Å². The van der Waals surface area contributed by atoms with Crippen molar-refractivity contribution in [1.29, 1.82) is 0 Å². The van der Waals surface area contributed by atoms with E-state index >= 15 is 0 Å². The van der Waals surface area contributed by atoms with E-state index in [1.54, 1.807) is 6.92 Å². The maximum absolute atomic E-state index is 12.4. The van der Waals surface area contributed by atoms with Crippen molar-refractivity contribution in [3.05, 3.63) is 59.7 Å². The first-order chi connectivity index (χ1) is 15.8. The van der Waals surface area contributed by atoms with Gasteiger partial charge in [0.15, 0.2) is 0 Å². The summed E-state index contributed by atoms with van der Waals surface area (Å²) < 4.78 is 5.49. The fraction of sp³-hybridized carbons (Fsp3) is 0.400. The Kier molecular flexibility index (Phi) is 8.02. The second kappa shape index (κ2) is 10.7. The lowest BCUT2D eigenvalue weighted by Crippen LogP contribution is -2.53. The third-order valence-electron chi connectivity index (χ3n) is 5.90. The fourth-order valence-electron chi connectivity index (χ4n) is 4.11. The Morgan fingerprint density at radius 3 is 2.18 bits per heavy atom. The molecular formula is C25H30N2O5S. The number of rotatable bonds is 10. The van der Waals surface area contributed by atoms with Gasteiger partial charge in [0.25, 0.3) is 0 Å². The summed E-state index contributed by atoms with van der Waals surface area (Å²) in [6, 6.07) is 16.3. The van der Waals surface area contributed by atoms with Gasteiger partial charge in [-0.2, -0.15) is 11.8 Å². The zero-order valence-corrected chi connectivity index (χ0v) is 20.0. The zero-order chi connectivity index (χ0) is 24.0. The zero-order valence-electron chi connectivity index (χ0n) is 19.2. The Morgan fingerprint density at radius 1 is 1.06 bits per heavy atom. The summed E-state index contributed by atoms with van der Waals surface area (Å²) >= 11 is 1.35. The number of nitrogens with zero attached hydrogens (tertiary/aromatic N) is 1. The lowest BCUT2D eigenvalue weighted by molar-refractivity contribution is -0.155. The molecule has 33 heavy (non-hydrogen) atoms. The molecule has 0 heterocycles. The number of carbonyl (C=O) groups excluding carboxylic acids is 2. The van der Waals surface area contributed by atoms with Crippen LogP contribution in [0, 0.1) is 0 Å². The smallest absolute Gasteiger partial charge is 0.407 e. The number of nitrogens with one attached hydrogen (secondary N) is 1. The first kappa shape index (κ1) is 24.6. The summed E-state index contributed by atoms with van der Waals surface area (Å²) in [5, 5.41) is 12.1. The average molecular weight is 471 g/mol. The molecule has 2 aromatic carbocycles. The van der Waals surface area contributed by atoms with Crippen molar-refractivity contribution < 1.29 is 24.2 Å². The summed E-state index contributed by atoms with van der Waals surface area (Å²) in [5.41, 5.74) is 3.41. The van der Waals surface area contributed by atoms with Gasteiger partial charge in [-0.1, -0.05) is 48.5 Å². The number of benzene rings is 2. The van der Waals surface area contributed by atoms with Crippen LogP contribution >= 0.6 is 11.8 Å². The maximum atomic E-state index is 12.4. The highest BCUT2D eigenvalue weighted by Crippen LogP contribution is 2.44. The van der Waals surface area contributed by atoms with Gasteiger partial charge in [-0.3, -0.25) is 4.79 Å². The van der Waals surface area contributed by atoms with E-state index in [4.69, 9.17) is 4.74 Å². The van der Waals surface area contributed by atoms with Crippen LogP contribution in [0.3, 0.4) is 0 Å². The molecule has 8 heteroatoms. The number of carboxylic acid groups (broad SMARTS) is 1. The van der Waals surface area contributed by atoms with Crippen LogP contribution < -0.4 is 5.32 Å². The number of carbonyl (C=O) groups is 3. The quantitative estimate of drug-likeness (QED) is 0.510. The molecule has 7 nitrogen and oxygen atoms in total. The van der Waals surface area contributed by atoms with Crippen LogP contribution in [0.1, 0.15) is 37.8 Å². The van der Waals surface area contributed by atoms with Gasteiger partial charge in [0.2, 0.25) is 5.91 Å². The lowest BCUT2D eigenvalue weighted by atomic mass is 9.98. The second-order valence-corrected chi connectivity index (χ2v) is 9.41. The predicted molar refractivity (Wildman–Crippen MR) is 129 cm³/mol. The first-order valence-corrected chi connectivity index (χ1v) is 12.1. The Bertz CT molecular complexity index is 978. The van der Waals surface area contributed by atoms with E-state index < -0.39 is 17.6 Å². The number of alkyl carbamates (subject to hydrolysis) is 1. The highest BCUT2D eigenvalue weighted by atomic mass is 32.2. The summed E-state index contributed by atoms with van der Waals surface area (Å²) in [6.07, 6.45) is -0.494. The van der Waals surface area contributed by atoms with Crippen LogP contribution in [0.4, 0.5) is 4.79 Å². The van der Waals surface area contributed by atoms with E-state index in [1.807, 2.05) is 24.3 Å². The normalized spacial score (nSPS) is 12.6. The molecule has 0 spiro atoms. The number of likely N-dealkylation sites (N-methyl/N-ethyl adjacent to an activating group) is 1. The molecule has 2 aromatic rings. The number of thioether (sulfide) groups is 1. The second-order valence-electron chi connectivity index (χ2n) is 8.31. The van der Waals surface area contributed by atoms with Crippen molar-refractivity contribution in [2.24, 2.45) is 0 Å². The van der Waals surface area contributed by atoms with Gasteiger partial charge < -0.3 is 20.1 Å². The van der Waals surface area contributed by atoms with E-state index in [0.29, 0.717) is 18.8 Å². The van der Waals surface area contributed by atoms with Crippen LogP contribution in [-0.2, 0) is 14.3 Å². The summed E-state index contributed by atoms with van der Waals surface area (Å²) in [4.78, 5) is 37.4. The molecule has 0 aromatic heterocycles. The Labute approximate surface area is 198 Å². The molecule has 2 amide bonds. The number of hydrogen-bond acceptors (Lipinski definition) is 5. The van der Waals surface area contributed by atoms with E-state index in [-0.39, 0.29) is 24.2 Å². The summed E-state index contributed by atoms with van der Waals surface area (Å²) in [5.74, 6) is -0.610. The molecule has 0 unspecified atom stereocenters. The van der Waals surface area contributed by atoms with E-state index in [1.165, 1.54) is 41.6 Å². The molecule has 1 aliphatic carbocycles. The number of hydrogen-bond donors (Lipinski definition) is 2. The van der Waals surface area contributed by atoms with Crippen LogP contribution in [-0.4, -0.2) is 64.7 Å². The predicted octanol–water partition coefficient (Wildman–Crippen LogP) is 3.97. The van der Waals surface area contributed by atoms with Crippen LogP contribution in [0.25, 0.3) is 11.1 Å². The molecule has 0 aliphatic heterocycles. The van der Waals surface area contributed by atoms with Gasteiger partial charge >= 0.3 is 12.1 Å². The number of aliphatic carboxylic acids is 1. The average Bonchev–Trinajstić information content (AvgIpc) is 3.11. The maximum Gasteiger partial charge on any atom is 0.407 e. The molecule has 0 saturated heterocycles. The van der Waals surface area contributed by atoms with Gasteiger partial charge in [-0.15, -0.1) is 0 Å². The molecule has 0 atom stereocenters. The van der Waals surface area contributed by atoms with Crippen molar-refractivity contribution in [3.63, 3.8) is 0 Å². The van der Waals surface area contributed by atoms with Gasteiger partial charge in [0, 0.05) is 24.8 Å². The third-order valence-corrected chi connectivity index (χ3v) is 6.84. The van der Waals surface area contributed by atoms with Gasteiger partial charge in [0.05, 0.1) is 5.75 Å². The Morgan fingerprint density at radius 2 is 1.64 bits per heavy atom. The standard InChI is InChI=1S/C25H30N2O5S/c1-4-27(25(2,3)23(29)30)22(28)16-33-14-13-26-24(31)32-15-21-19-11-7-5-9-17(19)18-10-6-8-12-20(18)21/h5-12,21H,4,13-16H2,1-3H3,(H,26,31)(H,29,30). The van der Waals surface area contributed by atoms with Crippen molar-refractivity contribution in [3.8, 4) is 11.1 Å². The minimum absolute atomic E-state index is 0.00719. The first-order valence-electron chi connectivity index (χ1n) is 11.0. The minimum Gasteiger partial charge on any atom is -0.480 e.